The minimum atomic E-state index is -0.380. The molecular formula is C18H15BrN2O2. The second kappa shape index (κ2) is 7.65. The monoisotopic (exact) mass is 370 g/mol. The van der Waals surface area contributed by atoms with E-state index in [1.54, 1.807) is 24.3 Å². The summed E-state index contributed by atoms with van der Waals surface area (Å²) in [5.41, 5.74) is 3.40. The Kier molecular flexibility index (Phi) is 5.60. The van der Waals surface area contributed by atoms with E-state index in [1.807, 2.05) is 36.5 Å². The lowest BCUT2D eigenvalue weighted by Gasteiger charge is -2.04. The highest BCUT2D eigenvalue weighted by Crippen LogP contribution is 2.16. The second-order valence-electron chi connectivity index (χ2n) is 5.00. The number of aromatic nitrogens is 1. The lowest BCUT2D eigenvalue weighted by molar-refractivity contribution is -0.677. The number of non-ortho nitro benzene ring substituents is 1. The molecule has 0 amide bonds. The Morgan fingerprint density at radius 2 is 1.52 bits per heavy atom. The minimum absolute atomic E-state index is 0. The maximum absolute atomic E-state index is 10.7. The first-order valence-electron chi connectivity index (χ1n) is 7.01. The summed E-state index contributed by atoms with van der Waals surface area (Å²) < 4.78 is 2.14. The van der Waals surface area contributed by atoms with Crippen molar-refractivity contribution >= 4 is 5.69 Å². The van der Waals surface area contributed by atoms with Gasteiger partial charge in [-0.05, 0) is 30.3 Å². The van der Waals surface area contributed by atoms with E-state index in [4.69, 9.17) is 0 Å². The fourth-order valence-electron chi connectivity index (χ4n) is 2.40. The van der Waals surface area contributed by atoms with Gasteiger partial charge < -0.3 is 17.0 Å². The number of nitro groups is 1. The van der Waals surface area contributed by atoms with Crippen molar-refractivity contribution in [2.75, 3.05) is 0 Å². The number of nitrogens with zero attached hydrogens (tertiary/aromatic N) is 2. The molecule has 1 heterocycles. The van der Waals surface area contributed by atoms with Crippen LogP contribution in [0.2, 0.25) is 0 Å². The SMILES string of the molecule is O=[N+]([O-])c1ccc(C[n+]2ccccc2-c2ccccc2)cc1.[Br-]. The van der Waals surface area contributed by atoms with E-state index in [-0.39, 0.29) is 27.6 Å². The summed E-state index contributed by atoms with van der Waals surface area (Å²) in [7, 11) is 0. The lowest BCUT2D eigenvalue weighted by atomic mass is 10.1. The van der Waals surface area contributed by atoms with Crippen LogP contribution in [0.3, 0.4) is 0 Å². The molecule has 0 spiro atoms. The Morgan fingerprint density at radius 1 is 0.870 bits per heavy atom. The molecule has 116 valence electrons. The van der Waals surface area contributed by atoms with Gasteiger partial charge in [0.05, 0.1) is 4.92 Å². The first-order valence-corrected chi connectivity index (χ1v) is 7.01. The summed E-state index contributed by atoms with van der Waals surface area (Å²) in [6.45, 7) is 0.670. The van der Waals surface area contributed by atoms with Crippen LogP contribution in [0.1, 0.15) is 5.56 Å². The molecule has 0 saturated heterocycles. The average molecular weight is 371 g/mol. The normalized spacial score (nSPS) is 9.91. The molecule has 0 N–H and O–H groups in total. The van der Waals surface area contributed by atoms with Gasteiger partial charge in [-0.3, -0.25) is 10.1 Å². The molecule has 3 aromatic rings. The molecule has 0 fully saturated rings. The third-order valence-electron chi connectivity index (χ3n) is 3.51. The highest BCUT2D eigenvalue weighted by molar-refractivity contribution is 5.55. The number of halogens is 1. The Bertz CT molecular complexity index is 790. The summed E-state index contributed by atoms with van der Waals surface area (Å²) in [5.74, 6) is 0. The van der Waals surface area contributed by atoms with Crippen LogP contribution < -0.4 is 21.5 Å². The third kappa shape index (κ3) is 4.02. The first-order chi connectivity index (χ1) is 10.7. The molecule has 0 unspecified atom stereocenters. The van der Waals surface area contributed by atoms with E-state index in [2.05, 4.69) is 22.8 Å². The molecule has 3 rings (SSSR count). The zero-order chi connectivity index (χ0) is 15.4. The smallest absolute Gasteiger partial charge is 0.269 e. The van der Waals surface area contributed by atoms with Gasteiger partial charge in [0.2, 0.25) is 5.69 Å². The number of pyridine rings is 1. The van der Waals surface area contributed by atoms with Gasteiger partial charge in [-0.2, -0.15) is 4.57 Å². The van der Waals surface area contributed by atoms with Crippen LogP contribution in [0.4, 0.5) is 5.69 Å². The molecule has 4 nitrogen and oxygen atoms in total. The number of hydrogen-bond acceptors (Lipinski definition) is 2. The van der Waals surface area contributed by atoms with E-state index in [0.29, 0.717) is 6.54 Å². The van der Waals surface area contributed by atoms with Gasteiger partial charge in [0, 0.05) is 35.4 Å². The molecule has 0 aliphatic heterocycles. The summed E-state index contributed by atoms with van der Waals surface area (Å²) in [4.78, 5) is 10.3. The number of rotatable bonds is 4. The third-order valence-corrected chi connectivity index (χ3v) is 3.51. The first kappa shape index (κ1) is 16.8. The largest absolute Gasteiger partial charge is 1.00 e. The average Bonchev–Trinajstić information content (AvgIpc) is 2.57. The Hall–Kier alpha value is -2.53. The van der Waals surface area contributed by atoms with Crippen molar-refractivity contribution in [2.24, 2.45) is 0 Å². The summed E-state index contributed by atoms with van der Waals surface area (Å²) in [5, 5.41) is 10.7. The second-order valence-corrected chi connectivity index (χ2v) is 5.00. The van der Waals surface area contributed by atoms with Gasteiger partial charge in [0.15, 0.2) is 12.7 Å². The molecule has 0 atom stereocenters. The van der Waals surface area contributed by atoms with Gasteiger partial charge in [-0.15, -0.1) is 0 Å². The van der Waals surface area contributed by atoms with E-state index in [0.717, 1.165) is 16.8 Å². The summed E-state index contributed by atoms with van der Waals surface area (Å²) in [6.07, 6.45) is 2.02. The Morgan fingerprint density at radius 3 is 2.17 bits per heavy atom. The van der Waals surface area contributed by atoms with Crippen LogP contribution in [0.25, 0.3) is 11.3 Å². The van der Waals surface area contributed by atoms with Crippen molar-refractivity contribution in [3.8, 4) is 11.3 Å². The Labute approximate surface area is 145 Å². The number of nitro benzene ring substituents is 1. The molecule has 0 aliphatic carbocycles. The van der Waals surface area contributed by atoms with Gasteiger partial charge >= 0.3 is 0 Å². The minimum Gasteiger partial charge on any atom is -1.00 e. The van der Waals surface area contributed by atoms with Gasteiger partial charge in [-0.1, -0.05) is 18.2 Å². The van der Waals surface area contributed by atoms with Crippen LogP contribution >= 0.6 is 0 Å². The van der Waals surface area contributed by atoms with Crippen LogP contribution in [0.15, 0.2) is 79.0 Å². The molecule has 0 aliphatic rings. The zero-order valence-electron chi connectivity index (χ0n) is 12.3. The van der Waals surface area contributed by atoms with E-state index in [1.165, 1.54) is 0 Å². The van der Waals surface area contributed by atoms with Crippen LogP contribution in [-0.2, 0) is 6.54 Å². The molecule has 1 aromatic heterocycles. The molecule has 23 heavy (non-hydrogen) atoms. The van der Waals surface area contributed by atoms with Crippen LogP contribution in [-0.4, -0.2) is 4.92 Å². The van der Waals surface area contributed by atoms with Gasteiger partial charge in [0.1, 0.15) is 0 Å². The van der Waals surface area contributed by atoms with Crippen molar-refractivity contribution in [3.05, 3.63) is 94.7 Å². The topological polar surface area (TPSA) is 47.0 Å². The molecular weight excluding hydrogens is 356 g/mol. The Balaban J connectivity index is 0.00000192. The standard InChI is InChI=1S/C18H15N2O2.BrH/c21-20(22)17-11-9-15(10-12-17)14-19-13-5-4-8-18(19)16-6-2-1-3-7-16;/h1-13H,14H2;1H/q+1;/p-1. The van der Waals surface area contributed by atoms with Crippen molar-refractivity contribution in [1.82, 2.24) is 0 Å². The summed E-state index contributed by atoms with van der Waals surface area (Å²) in [6, 6.07) is 22.9. The maximum atomic E-state index is 10.7. The summed E-state index contributed by atoms with van der Waals surface area (Å²) >= 11 is 0. The van der Waals surface area contributed by atoms with Gasteiger partial charge in [-0.25, -0.2) is 0 Å². The van der Waals surface area contributed by atoms with Crippen molar-refractivity contribution < 1.29 is 26.5 Å². The fourth-order valence-corrected chi connectivity index (χ4v) is 2.40. The zero-order valence-corrected chi connectivity index (χ0v) is 13.9. The maximum Gasteiger partial charge on any atom is 0.269 e. The van der Waals surface area contributed by atoms with Crippen molar-refractivity contribution in [1.29, 1.82) is 0 Å². The molecule has 0 radical (unpaired) electrons. The van der Waals surface area contributed by atoms with Crippen LogP contribution in [0, 0.1) is 10.1 Å². The van der Waals surface area contributed by atoms with Gasteiger partial charge in [0.25, 0.3) is 5.69 Å². The van der Waals surface area contributed by atoms with E-state index < -0.39 is 0 Å². The number of benzene rings is 2. The molecule has 0 saturated carbocycles. The molecule has 5 heteroatoms. The van der Waals surface area contributed by atoms with Crippen molar-refractivity contribution in [2.45, 2.75) is 6.54 Å². The van der Waals surface area contributed by atoms with E-state index >= 15 is 0 Å². The van der Waals surface area contributed by atoms with Crippen molar-refractivity contribution in [3.63, 3.8) is 0 Å². The molecule has 0 bridgehead atoms. The predicted molar refractivity (Wildman–Crippen MR) is 84.3 cm³/mol. The van der Waals surface area contributed by atoms with Crippen LogP contribution in [0.5, 0.6) is 0 Å². The fraction of sp³-hybridized carbons (Fsp3) is 0.0556. The lowest BCUT2D eigenvalue weighted by Crippen LogP contribution is -3.00. The highest BCUT2D eigenvalue weighted by Gasteiger charge is 2.13. The quantitative estimate of drug-likeness (QED) is 0.383. The van der Waals surface area contributed by atoms with E-state index in [9.17, 15) is 10.1 Å². The highest BCUT2D eigenvalue weighted by atomic mass is 79.9. The molecule has 2 aromatic carbocycles. The predicted octanol–water partition coefficient (Wildman–Crippen LogP) is 0.602. The number of hydrogen-bond donors (Lipinski definition) is 0.